The molecule has 0 atom stereocenters. The maximum absolute atomic E-state index is 5.55. The molecule has 0 bridgehead atoms. The molecular weight excluding hydrogens is 527 g/mol. The lowest BCUT2D eigenvalue weighted by molar-refractivity contribution is 0.572. The molecule has 2 N–H and O–H groups in total. The number of hydrogen-bond acceptors (Lipinski definition) is 4. The molecule has 1 aromatic carbocycles. The van der Waals surface area contributed by atoms with Crippen LogP contribution in [0.4, 0.5) is 0 Å². The van der Waals surface area contributed by atoms with Crippen molar-refractivity contribution in [3.05, 3.63) is 63.1 Å². The molecule has 8 heteroatoms. The van der Waals surface area contributed by atoms with Gasteiger partial charge in [-0.25, -0.2) is 9.98 Å². The zero-order chi connectivity index (χ0) is 17.5. The predicted octanol–water partition coefficient (Wildman–Crippen LogP) is 5.04. The number of halogens is 2. The summed E-state index contributed by atoms with van der Waals surface area (Å²) in [5.74, 6) is 1.38. The van der Waals surface area contributed by atoms with Gasteiger partial charge in [-0.2, -0.15) is 0 Å². The fraction of sp³-hybridized carbons (Fsp3) is 0.222. The van der Waals surface area contributed by atoms with E-state index in [0.717, 1.165) is 34.8 Å². The molecule has 2 aromatic heterocycles. The van der Waals surface area contributed by atoms with Crippen LogP contribution in [-0.4, -0.2) is 17.5 Å². The second-order valence-electron chi connectivity index (χ2n) is 5.29. The van der Waals surface area contributed by atoms with Gasteiger partial charge in [0.25, 0.3) is 0 Å². The molecule has 0 saturated carbocycles. The van der Waals surface area contributed by atoms with Crippen LogP contribution in [0.3, 0.4) is 0 Å². The Balaban J connectivity index is 0.00000243. The summed E-state index contributed by atoms with van der Waals surface area (Å²) in [5, 5.41) is 8.64. The lowest BCUT2D eigenvalue weighted by atomic mass is 10.2. The molecule has 0 aliphatic heterocycles. The highest BCUT2D eigenvalue weighted by atomic mass is 127. The van der Waals surface area contributed by atoms with Gasteiger partial charge in [-0.1, -0.05) is 18.2 Å². The number of thiophene rings is 1. The van der Waals surface area contributed by atoms with Crippen LogP contribution in [0.2, 0.25) is 0 Å². The van der Waals surface area contributed by atoms with Gasteiger partial charge in [-0.05, 0) is 41.1 Å². The second-order valence-corrected chi connectivity index (χ2v) is 7.20. The molecule has 5 nitrogen and oxygen atoms in total. The van der Waals surface area contributed by atoms with E-state index < -0.39 is 0 Å². The van der Waals surface area contributed by atoms with Crippen LogP contribution in [0.15, 0.2) is 61.9 Å². The van der Waals surface area contributed by atoms with Crippen LogP contribution in [-0.2, 0) is 13.1 Å². The first-order valence-corrected chi connectivity index (χ1v) is 9.67. The van der Waals surface area contributed by atoms with Crippen LogP contribution in [0.1, 0.15) is 17.5 Å². The molecule has 3 rings (SSSR count). The van der Waals surface area contributed by atoms with Crippen LogP contribution in [0.5, 0.6) is 0 Å². The number of hydrogen-bond donors (Lipinski definition) is 2. The number of aromatic nitrogens is 1. The van der Waals surface area contributed by atoms with E-state index >= 15 is 0 Å². The van der Waals surface area contributed by atoms with E-state index in [1.54, 1.807) is 17.6 Å². The largest absolute Gasteiger partial charge is 0.444 e. The molecule has 26 heavy (non-hydrogen) atoms. The minimum absolute atomic E-state index is 0. The minimum atomic E-state index is 0. The monoisotopic (exact) mass is 546 g/mol. The number of guanidine groups is 1. The van der Waals surface area contributed by atoms with Gasteiger partial charge < -0.3 is 15.1 Å². The number of aliphatic imine (C=N–C) groups is 1. The van der Waals surface area contributed by atoms with E-state index in [1.165, 1.54) is 4.88 Å². The quantitative estimate of drug-likeness (QED) is 0.258. The van der Waals surface area contributed by atoms with Crippen molar-refractivity contribution >= 4 is 57.2 Å². The van der Waals surface area contributed by atoms with E-state index in [2.05, 4.69) is 48.0 Å². The number of oxazole rings is 1. The highest BCUT2D eigenvalue weighted by Crippen LogP contribution is 2.19. The third kappa shape index (κ3) is 6.10. The van der Waals surface area contributed by atoms with Crippen molar-refractivity contribution in [2.24, 2.45) is 4.99 Å². The third-order valence-electron chi connectivity index (χ3n) is 3.37. The maximum atomic E-state index is 5.55. The van der Waals surface area contributed by atoms with Crippen molar-refractivity contribution in [3.8, 4) is 11.5 Å². The van der Waals surface area contributed by atoms with Crippen molar-refractivity contribution in [1.29, 1.82) is 0 Å². The molecule has 0 amide bonds. The zero-order valence-corrected chi connectivity index (χ0v) is 19.0. The third-order valence-corrected chi connectivity index (χ3v) is 5.07. The Labute approximate surface area is 182 Å². The van der Waals surface area contributed by atoms with Crippen molar-refractivity contribution in [2.75, 3.05) is 6.54 Å². The SMILES string of the molecule is CCNC(=NCc1coc(-c2ccccc2)n1)NCc1cc(Br)cs1.I. The Morgan fingerprint density at radius 1 is 1.27 bits per heavy atom. The van der Waals surface area contributed by atoms with E-state index in [0.29, 0.717) is 12.4 Å². The molecular formula is C18H20BrIN4OS. The Kier molecular flexibility index (Phi) is 8.60. The zero-order valence-electron chi connectivity index (χ0n) is 14.2. The minimum Gasteiger partial charge on any atom is -0.444 e. The topological polar surface area (TPSA) is 62.5 Å². The van der Waals surface area contributed by atoms with E-state index in [4.69, 9.17) is 4.42 Å². The number of benzene rings is 1. The first kappa shape index (κ1) is 20.9. The lowest BCUT2D eigenvalue weighted by Crippen LogP contribution is -2.36. The average Bonchev–Trinajstić information content (AvgIpc) is 3.27. The van der Waals surface area contributed by atoms with Gasteiger partial charge >= 0.3 is 0 Å². The summed E-state index contributed by atoms with van der Waals surface area (Å²) in [7, 11) is 0. The molecule has 3 aromatic rings. The highest BCUT2D eigenvalue weighted by Gasteiger charge is 2.06. The summed E-state index contributed by atoms with van der Waals surface area (Å²) in [6.45, 7) is 4.03. The smallest absolute Gasteiger partial charge is 0.226 e. The Morgan fingerprint density at radius 3 is 2.77 bits per heavy atom. The Morgan fingerprint density at radius 2 is 2.08 bits per heavy atom. The summed E-state index contributed by atoms with van der Waals surface area (Å²) < 4.78 is 6.65. The summed E-state index contributed by atoms with van der Waals surface area (Å²) in [4.78, 5) is 10.3. The van der Waals surface area contributed by atoms with Gasteiger partial charge in [0.15, 0.2) is 5.96 Å². The summed E-state index contributed by atoms with van der Waals surface area (Å²) >= 11 is 5.18. The van der Waals surface area contributed by atoms with E-state index in [9.17, 15) is 0 Å². The fourth-order valence-corrected chi connectivity index (χ4v) is 3.60. The summed E-state index contributed by atoms with van der Waals surface area (Å²) in [5.41, 5.74) is 1.76. The first-order valence-electron chi connectivity index (χ1n) is 7.99. The molecule has 0 spiro atoms. The number of nitrogens with zero attached hydrogens (tertiary/aromatic N) is 2. The van der Waals surface area contributed by atoms with Crippen molar-refractivity contribution < 1.29 is 4.42 Å². The molecule has 138 valence electrons. The maximum Gasteiger partial charge on any atom is 0.226 e. The van der Waals surface area contributed by atoms with Crippen molar-refractivity contribution in [1.82, 2.24) is 15.6 Å². The number of rotatable bonds is 6. The van der Waals surface area contributed by atoms with E-state index in [1.807, 2.05) is 37.3 Å². The highest BCUT2D eigenvalue weighted by molar-refractivity contribution is 14.0. The van der Waals surface area contributed by atoms with Gasteiger partial charge in [0.2, 0.25) is 5.89 Å². The van der Waals surface area contributed by atoms with Gasteiger partial charge in [0.05, 0.1) is 13.1 Å². The van der Waals surface area contributed by atoms with Gasteiger partial charge in [-0.15, -0.1) is 35.3 Å². The van der Waals surface area contributed by atoms with Gasteiger partial charge in [0, 0.05) is 26.8 Å². The van der Waals surface area contributed by atoms with E-state index in [-0.39, 0.29) is 24.0 Å². The summed E-state index contributed by atoms with van der Waals surface area (Å²) in [6, 6.07) is 12.0. The van der Waals surface area contributed by atoms with Crippen LogP contribution < -0.4 is 10.6 Å². The van der Waals surface area contributed by atoms with Crippen molar-refractivity contribution in [3.63, 3.8) is 0 Å². The Bertz CT molecular complexity index is 835. The van der Waals surface area contributed by atoms with Crippen molar-refractivity contribution in [2.45, 2.75) is 20.0 Å². The molecule has 0 saturated heterocycles. The molecule has 0 aliphatic carbocycles. The summed E-state index contributed by atoms with van der Waals surface area (Å²) in [6.07, 6.45) is 1.66. The van der Waals surface area contributed by atoms with Gasteiger partial charge in [0.1, 0.15) is 12.0 Å². The molecule has 0 aliphatic rings. The van der Waals surface area contributed by atoms with Gasteiger partial charge in [-0.3, -0.25) is 0 Å². The standard InChI is InChI=1S/C18H19BrN4OS.HI/c1-2-20-18(22-10-16-8-14(19)12-25-16)21-9-15-11-24-17(23-15)13-6-4-3-5-7-13;/h3-8,11-12H,2,9-10H2,1H3,(H2,20,21,22);1H. The Hall–Kier alpha value is -1.39. The predicted molar refractivity (Wildman–Crippen MR) is 121 cm³/mol. The van der Waals surface area contributed by atoms with Crippen LogP contribution in [0.25, 0.3) is 11.5 Å². The lowest BCUT2D eigenvalue weighted by Gasteiger charge is -2.09. The molecule has 0 radical (unpaired) electrons. The molecule has 0 fully saturated rings. The number of nitrogens with one attached hydrogen (secondary N) is 2. The fourth-order valence-electron chi connectivity index (χ4n) is 2.21. The first-order chi connectivity index (χ1) is 12.2. The second kappa shape index (κ2) is 10.7. The van der Waals surface area contributed by atoms with Crippen LogP contribution in [0, 0.1) is 0 Å². The average molecular weight is 547 g/mol. The van der Waals surface area contributed by atoms with Crippen LogP contribution >= 0.6 is 51.2 Å². The normalized spacial score (nSPS) is 11.1. The molecule has 2 heterocycles. The molecule has 0 unspecified atom stereocenters.